The average Bonchev–Trinajstić information content (AvgIpc) is 2.53. The van der Waals surface area contributed by atoms with E-state index in [1.54, 1.807) is 7.11 Å². The van der Waals surface area contributed by atoms with Gasteiger partial charge < -0.3 is 19.7 Å². The van der Waals surface area contributed by atoms with E-state index in [1.165, 1.54) is 0 Å². The molecule has 1 aromatic rings. The third-order valence-corrected chi connectivity index (χ3v) is 4.40. The highest BCUT2D eigenvalue weighted by molar-refractivity contribution is 5.76. The number of rotatable bonds is 4. The highest BCUT2D eigenvalue weighted by Crippen LogP contribution is 2.34. The summed E-state index contributed by atoms with van der Waals surface area (Å²) in [6, 6.07) is 7.85. The van der Waals surface area contributed by atoms with Gasteiger partial charge in [0.15, 0.2) is 0 Å². The van der Waals surface area contributed by atoms with Crippen molar-refractivity contribution in [3.8, 4) is 5.75 Å². The number of ether oxygens (including phenoxy) is 2. The van der Waals surface area contributed by atoms with E-state index >= 15 is 0 Å². The molecular formula is C18H28N2O3. The number of benzene rings is 1. The molecule has 0 radical (unpaired) electrons. The fourth-order valence-electron chi connectivity index (χ4n) is 2.86. The predicted octanol–water partition coefficient (Wildman–Crippen LogP) is 3.36. The molecule has 2 atom stereocenters. The van der Waals surface area contributed by atoms with Gasteiger partial charge in [-0.15, -0.1) is 0 Å². The minimum absolute atomic E-state index is 0.0338. The molecule has 1 fully saturated rings. The van der Waals surface area contributed by atoms with E-state index in [0.717, 1.165) is 17.7 Å². The number of nitrogens with zero attached hydrogens (tertiary/aromatic N) is 1. The summed E-state index contributed by atoms with van der Waals surface area (Å²) in [5, 5.41) is 3.08. The molecule has 1 saturated heterocycles. The number of nitrogens with one attached hydrogen (secondary N) is 1. The van der Waals surface area contributed by atoms with Crippen molar-refractivity contribution in [1.82, 2.24) is 10.2 Å². The first-order valence-corrected chi connectivity index (χ1v) is 8.20. The summed E-state index contributed by atoms with van der Waals surface area (Å²) in [5.74, 6) is 0.806. The summed E-state index contributed by atoms with van der Waals surface area (Å²) in [4.78, 5) is 14.7. The van der Waals surface area contributed by atoms with Gasteiger partial charge in [-0.3, -0.25) is 0 Å². The Labute approximate surface area is 139 Å². The van der Waals surface area contributed by atoms with Crippen molar-refractivity contribution in [3.05, 3.63) is 29.8 Å². The van der Waals surface area contributed by atoms with Crippen molar-refractivity contribution in [2.24, 2.45) is 0 Å². The van der Waals surface area contributed by atoms with E-state index < -0.39 is 0 Å². The molecule has 1 aliphatic heterocycles. The van der Waals surface area contributed by atoms with Crippen LogP contribution in [0.5, 0.6) is 5.75 Å². The topological polar surface area (TPSA) is 50.8 Å². The Hall–Kier alpha value is -1.75. The van der Waals surface area contributed by atoms with Crippen molar-refractivity contribution in [2.75, 3.05) is 20.3 Å². The molecular weight excluding hydrogens is 292 g/mol. The number of methoxy groups -OCH3 is 1. The van der Waals surface area contributed by atoms with Gasteiger partial charge in [0, 0.05) is 6.04 Å². The van der Waals surface area contributed by atoms with Crippen LogP contribution >= 0.6 is 0 Å². The lowest BCUT2D eigenvalue weighted by molar-refractivity contribution is -0.0660. The largest absolute Gasteiger partial charge is 0.497 e. The van der Waals surface area contributed by atoms with Gasteiger partial charge >= 0.3 is 6.03 Å². The maximum atomic E-state index is 12.8. The van der Waals surface area contributed by atoms with Gasteiger partial charge in [-0.05, 0) is 44.9 Å². The summed E-state index contributed by atoms with van der Waals surface area (Å²) in [5.41, 5.74) is 0.693. The SMILES string of the molecule is CC[C@H](C)NC(=O)N1[C@H](c2ccc(OC)cc2)COCC1(C)C. The highest BCUT2D eigenvalue weighted by atomic mass is 16.5. The molecule has 2 rings (SSSR count). The van der Waals surface area contributed by atoms with E-state index in [4.69, 9.17) is 9.47 Å². The maximum Gasteiger partial charge on any atom is 0.318 e. The Bertz CT molecular complexity index is 528. The van der Waals surface area contributed by atoms with Gasteiger partial charge in [-0.2, -0.15) is 0 Å². The molecule has 1 N–H and O–H groups in total. The molecule has 1 heterocycles. The van der Waals surface area contributed by atoms with Gasteiger partial charge in [0.05, 0.1) is 31.9 Å². The van der Waals surface area contributed by atoms with E-state index in [-0.39, 0.29) is 23.7 Å². The van der Waals surface area contributed by atoms with Crippen molar-refractivity contribution in [3.63, 3.8) is 0 Å². The van der Waals surface area contributed by atoms with Gasteiger partial charge in [0.25, 0.3) is 0 Å². The summed E-state index contributed by atoms with van der Waals surface area (Å²) >= 11 is 0. The van der Waals surface area contributed by atoms with Crippen molar-refractivity contribution in [2.45, 2.75) is 51.7 Å². The third kappa shape index (κ3) is 3.96. The minimum atomic E-state index is -0.361. The van der Waals surface area contributed by atoms with Crippen LogP contribution < -0.4 is 10.1 Å². The van der Waals surface area contributed by atoms with E-state index in [2.05, 4.69) is 12.2 Å². The van der Waals surface area contributed by atoms with Crippen LogP contribution in [0.4, 0.5) is 4.79 Å². The lowest BCUT2D eigenvalue weighted by atomic mass is 9.95. The number of urea groups is 1. The van der Waals surface area contributed by atoms with Crippen LogP contribution in [0, 0.1) is 0 Å². The van der Waals surface area contributed by atoms with Crippen molar-refractivity contribution < 1.29 is 14.3 Å². The second kappa shape index (κ2) is 7.21. The molecule has 2 amide bonds. The molecule has 23 heavy (non-hydrogen) atoms. The summed E-state index contributed by atoms with van der Waals surface area (Å²) in [6.45, 7) is 9.21. The zero-order valence-electron chi connectivity index (χ0n) is 14.8. The lowest BCUT2D eigenvalue weighted by Crippen LogP contribution is -2.60. The van der Waals surface area contributed by atoms with Crippen LogP contribution in [0.15, 0.2) is 24.3 Å². The first kappa shape index (κ1) is 17.6. The summed E-state index contributed by atoms with van der Waals surface area (Å²) < 4.78 is 11.0. The van der Waals surface area contributed by atoms with E-state index in [1.807, 2.05) is 49.9 Å². The summed E-state index contributed by atoms with van der Waals surface area (Å²) in [6.07, 6.45) is 0.906. The number of hydrogen-bond acceptors (Lipinski definition) is 3. The average molecular weight is 320 g/mol. The number of morpholine rings is 1. The van der Waals surface area contributed by atoms with Crippen molar-refractivity contribution >= 4 is 6.03 Å². The molecule has 1 aromatic carbocycles. The fourth-order valence-corrected chi connectivity index (χ4v) is 2.86. The Morgan fingerprint density at radius 3 is 2.65 bits per heavy atom. The van der Waals surface area contributed by atoms with Crippen LogP contribution in [0.25, 0.3) is 0 Å². The quantitative estimate of drug-likeness (QED) is 0.925. The molecule has 0 saturated carbocycles. The second-order valence-electron chi connectivity index (χ2n) is 6.75. The normalized spacial score (nSPS) is 21.6. The molecule has 0 unspecified atom stereocenters. The molecule has 128 valence electrons. The van der Waals surface area contributed by atoms with E-state index in [9.17, 15) is 4.79 Å². The van der Waals surface area contributed by atoms with Gasteiger partial charge in [0.1, 0.15) is 5.75 Å². The molecule has 0 bridgehead atoms. The van der Waals surface area contributed by atoms with Gasteiger partial charge in [0.2, 0.25) is 0 Å². The van der Waals surface area contributed by atoms with Crippen molar-refractivity contribution in [1.29, 1.82) is 0 Å². The van der Waals surface area contributed by atoms with Crippen LogP contribution in [0.2, 0.25) is 0 Å². The minimum Gasteiger partial charge on any atom is -0.497 e. The maximum absolute atomic E-state index is 12.8. The zero-order chi connectivity index (χ0) is 17.0. The lowest BCUT2D eigenvalue weighted by Gasteiger charge is -2.47. The molecule has 5 heteroatoms. The third-order valence-electron chi connectivity index (χ3n) is 4.40. The second-order valence-corrected chi connectivity index (χ2v) is 6.75. The predicted molar refractivity (Wildman–Crippen MR) is 90.8 cm³/mol. The van der Waals surface area contributed by atoms with Crippen LogP contribution in [-0.4, -0.2) is 42.8 Å². The summed E-state index contributed by atoms with van der Waals surface area (Å²) in [7, 11) is 1.65. The zero-order valence-corrected chi connectivity index (χ0v) is 14.8. The Morgan fingerprint density at radius 1 is 1.43 bits per heavy atom. The molecule has 0 aliphatic carbocycles. The van der Waals surface area contributed by atoms with Crippen LogP contribution in [-0.2, 0) is 4.74 Å². The van der Waals surface area contributed by atoms with Crippen LogP contribution in [0.1, 0.15) is 45.7 Å². The van der Waals surface area contributed by atoms with Crippen LogP contribution in [0.3, 0.4) is 0 Å². The Morgan fingerprint density at radius 2 is 2.09 bits per heavy atom. The monoisotopic (exact) mass is 320 g/mol. The highest BCUT2D eigenvalue weighted by Gasteiger charge is 2.41. The number of carbonyl (C=O) groups excluding carboxylic acids is 1. The molecule has 0 spiro atoms. The Balaban J connectivity index is 2.28. The first-order chi connectivity index (χ1) is 10.9. The number of carbonyl (C=O) groups is 1. The number of amides is 2. The molecule has 0 aromatic heterocycles. The van der Waals surface area contributed by atoms with E-state index in [0.29, 0.717) is 13.2 Å². The Kier molecular flexibility index (Phi) is 5.52. The fraction of sp³-hybridized carbons (Fsp3) is 0.611. The standard InChI is InChI=1S/C18H28N2O3/c1-6-13(2)19-17(21)20-16(11-23-12-18(20,3)4)14-7-9-15(22-5)10-8-14/h7-10,13,16H,6,11-12H2,1-5H3,(H,19,21)/t13-,16-/m0/s1. The van der Waals surface area contributed by atoms with Gasteiger partial charge in [-0.1, -0.05) is 19.1 Å². The first-order valence-electron chi connectivity index (χ1n) is 8.20. The smallest absolute Gasteiger partial charge is 0.318 e. The molecule has 1 aliphatic rings. The van der Waals surface area contributed by atoms with Gasteiger partial charge in [-0.25, -0.2) is 4.79 Å². The molecule has 5 nitrogen and oxygen atoms in total. The number of hydrogen-bond donors (Lipinski definition) is 1.